The Morgan fingerprint density at radius 2 is 2.23 bits per heavy atom. The molecule has 0 aliphatic heterocycles. The van der Waals surface area contributed by atoms with Crippen LogP contribution >= 0.6 is 22.9 Å². The van der Waals surface area contributed by atoms with E-state index in [2.05, 4.69) is 12.3 Å². The van der Waals surface area contributed by atoms with E-state index in [1.54, 1.807) is 17.4 Å². The number of benzene rings is 1. The Kier molecular flexibility index (Phi) is 2.18. The smallest absolute Gasteiger partial charge is 0.143 e. The minimum atomic E-state index is 0.220. The maximum absolute atomic E-state index is 9.73. The van der Waals surface area contributed by atoms with E-state index < -0.39 is 0 Å². The Morgan fingerprint density at radius 1 is 1.46 bits per heavy atom. The van der Waals surface area contributed by atoms with Gasteiger partial charge in [0, 0.05) is 10.1 Å². The van der Waals surface area contributed by atoms with Gasteiger partial charge < -0.3 is 5.11 Å². The summed E-state index contributed by atoms with van der Waals surface area (Å²) in [7, 11) is 0. The molecule has 3 heteroatoms. The van der Waals surface area contributed by atoms with E-state index in [1.807, 2.05) is 6.07 Å². The normalized spacial score (nSPS) is 10.9. The van der Waals surface area contributed by atoms with E-state index in [4.69, 9.17) is 11.6 Å². The second kappa shape index (κ2) is 3.20. The monoisotopic (exact) mass is 212 g/mol. The predicted octanol–water partition coefficient (Wildman–Crippen LogP) is 3.82. The van der Waals surface area contributed by atoms with Gasteiger partial charge in [-0.05, 0) is 29.5 Å². The van der Waals surface area contributed by atoms with Crippen LogP contribution < -0.4 is 0 Å². The van der Waals surface area contributed by atoms with Crippen LogP contribution in [-0.4, -0.2) is 5.11 Å². The molecule has 0 radical (unpaired) electrons. The SMILES string of the molecule is CCc1csc2ccc(Cl)c(O)c12. The van der Waals surface area contributed by atoms with Gasteiger partial charge in [-0.2, -0.15) is 0 Å². The molecule has 0 aliphatic carbocycles. The third kappa shape index (κ3) is 1.30. The zero-order chi connectivity index (χ0) is 9.42. The van der Waals surface area contributed by atoms with E-state index >= 15 is 0 Å². The van der Waals surface area contributed by atoms with Crippen LogP contribution in [0.2, 0.25) is 5.02 Å². The van der Waals surface area contributed by atoms with Crippen LogP contribution in [0.1, 0.15) is 12.5 Å². The van der Waals surface area contributed by atoms with E-state index in [-0.39, 0.29) is 5.75 Å². The fraction of sp³-hybridized carbons (Fsp3) is 0.200. The van der Waals surface area contributed by atoms with Crippen LogP contribution in [0.3, 0.4) is 0 Å². The van der Waals surface area contributed by atoms with Gasteiger partial charge in [-0.15, -0.1) is 11.3 Å². The molecule has 0 fully saturated rings. The Balaban J connectivity index is 2.85. The number of aryl methyl sites for hydroxylation is 1. The van der Waals surface area contributed by atoms with Crippen molar-refractivity contribution in [3.05, 3.63) is 28.1 Å². The highest BCUT2D eigenvalue weighted by Gasteiger charge is 2.09. The molecule has 0 spiro atoms. The molecule has 68 valence electrons. The molecule has 1 nitrogen and oxygen atoms in total. The van der Waals surface area contributed by atoms with Gasteiger partial charge in [-0.25, -0.2) is 0 Å². The lowest BCUT2D eigenvalue weighted by Crippen LogP contribution is -1.77. The Morgan fingerprint density at radius 3 is 2.92 bits per heavy atom. The summed E-state index contributed by atoms with van der Waals surface area (Å²) in [6.45, 7) is 2.07. The fourth-order valence-corrected chi connectivity index (χ4v) is 2.61. The van der Waals surface area contributed by atoms with E-state index in [1.165, 1.54) is 5.56 Å². The molecule has 1 aromatic carbocycles. The fourth-order valence-electron chi connectivity index (χ4n) is 1.41. The molecule has 0 saturated carbocycles. The molecule has 0 aliphatic rings. The van der Waals surface area contributed by atoms with Crippen molar-refractivity contribution in [2.24, 2.45) is 0 Å². The Bertz CT molecular complexity index is 447. The van der Waals surface area contributed by atoms with Crippen molar-refractivity contribution in [1.29, 1.82) is 0 Å². The van der Waals surface area contributed by atoms with E-state index in [9.17, 15) is 5.11 Å². The van der Waals surface area contributed by atoms with Crippen molar-refractivity contribution in [3.8, 4) is 5.75 Å². The highest BCUT2D eigenvalue weighted by atomic mass is 35.5. The van der Waals surface area contributed by atoms with Gasteiger partial charge in [0.1, 0.15) is 5.75 Å². The molecule has 2 rings (SSSR count). The first-order chi connectivity index (χ1) is 6.24. The minimum absolute atomic E-state index is 0.220. The average molecular weight is 213 g/mol. The van der Waals surface area contributed by atoms with Crippen molar-refractivity contribution in [2.75, 3.05) is 0 Å². The number of halogens is 1. The van der Waals surface area contributed by atoms with Gasteiger partial charge in [-0.3, -0.25) is 0 Å². The van der Waals surface area contributed by atoms with Gasteiger partial charge >= 0.3 is 0 Å². The van der Waals surface area contributed by atoms with Crippen LogP contribution in [0.15, 0.2) is 17.5 Å². The third-order valence-electron chi connectivity index (χ3n) is 2.12. The second-order valence-electron chi connectivity index (χ2n) is 2.88. The topological polar surface area (TPSA) is 20.2 Å². The highest BCUT2D eigenvalue weighted by Crippen LogP contribution is 2.38. The number of fused-ring (bicyclic) bond motifs is 1. The maximum Gasteiger partial charge on any atom is 0.143 e. The van der Waals surface area contributed by atoms with Crippen LogP contribution in [0.25, 0.3) is 10.1 Å². The first-order valence-electron chi connectivity index (χ1n) is 4.11. The maximum atomic E-state index is 9.73. The number of phenols is 1. The summed E-state index contributed by atoms with van der Waals surface area (Å²) >= 11 is 7.47. The molecule has 0 amide bonds. The Hall–Kier alpha value is -0.730. The van der Waals surface area contributed by atoms with Crippen molar-refractivity contribution in [2.45, 2.75) is 13.3 Å². The summed E-state index contributed by atoms with van der Waals surface area (Å²) in [5.41, 5.74) is 1.17. The van der Waals surface area contributed by atoms with Crippen molar-refractivity contribution >= 4 is 33.0 Å². The lowest BCUT2D eigenvalue weighted by atomic mass is 10.1. The standard InChI is InChI=1S/C10H9ClOS/c1-2-6-5-13-8-4-3-7(11)10(12)9(6)8/h3-5,12H,2H2,1H3. The number of rotatable bonds is 1. The van der Waals surface area contributed by atoms with E-state index in [0.29, 0.717) is 5.02 Å². The van der Waals surface area contributed by atoms with Gasteiger partial charge in [0.25, 0.3) is 0 Å². The van der Waals surface area contributed by atoms with Crippen molar-refractivity contribution in [1.82, 2.24) is 0 Å². The summed E-state index contributed by atoms with van der Waals surface area (Å²) in [6.07, 6.45) is 0.925. The van der Waals surface area contributed by atoms with E-state index in [0.717, 1.165) is 16.5 Å². The summed E-state index contributed by atoms with van der Waals surface area (Å²) in [4.78, 5) is 0. The molecule has 0 bridgehead atoms. The second-order valence-corrected chi connectivity index (χ2v) is 4.20. The zero-order valence-corrected chi connectivity index (χ0v) is 8.75. The molecule has 1 heterocycles. The quantitative estimate of drug-likeness (QED) is 0.762. The molecule has 1 N–H and O–H groups in total. The molecule has 0 atom stereocenters. The third-order valence-corrected chi connectivity index (χ3v) is 3.42. The van der Waals surface area contributed by atoms with Crippen molar-refractivity contribution < 1.29 is 5.11 Å². The van der Waals surface area contributed by atoms with Crippen LogP contribution in [0, 0.1) is 0 Å². The molecule has 0 saturated heterocycles. The predicted molar refractivity (Wildman–Crippen MR) is 57.9 cm³/mol. The molecular formula is C10H9ClOS. The number of hydrogen-bond donors (Lipinski definition) is 1. The van der Waals surface area contributed by atoms with Gasteiger partial charge in [0.2, 0.25) is 0 Å². The average Bonchev–Trinajstić information content (AvgIpc) is 2.55. The first-order valence-corrected chi connectivity index (χ1v) is 5.37. The lowest BCUT2D eigenvalue weighted by Gasteiger charge is -2.00. The molecular weight excluding hydrogens is 204 g/mol. The van der Waals surface area contributed by atoms with Crippen LogP contribution in [0.5, 0.6) is 5.75 Å². The molecule has 2 aromatic rings. The minimum Gasteiger partial charge on any atom is -0.506 e. The zero-order valence-electron chi connectivity index (χ0n) is 7.17. The van der Waals surface area contributed by atoms with Crippen molar-refractivity contribution in [3.63, 3.8) is 0 Å². The number of hydrogen-bond acceptors (Lipinski definition) is 2. The largest absolute Gasteiger partial charge is 0.506 e. The molecule has 1 aromatic heterocycles. The summed E-state index contributed by atoms with van der Waals surface area (Å²) in [5.74, 6) is 0.220. The van der Waals surface area contributed by atoms with Gasteiger partial charge in [0.15, 0.2) is 0 Å². The summed E-state index contributed by atoms with van der Waals surface area (Å²) < 4.78 is 1.10. The lowest BCUT2D eigenvalue weighted by molar-refractivity contribution is 0.481. The first kappa shape index (κ1) is 8.85. The highest BCUT2D eigenvalue weighted by molar-refractivity contribution is 7.17. The number of aromatic hydroxyl groups is 1. The summed E-state index contributed by atoms with van der Waals surface area (Å²) in [6, 6.07) is 3.68. The van der Waals surface area contributed by atoms with Crippen LogP contribution in [0.4, 0.5) is 0 Å². The van der Waals surface area contributed by atoms with Gasteiger partial charge in [0.05, 0.1) is 5.02 Å². The summed E-state index contributed by atoms with van der Waals surface area (Å²) in [5, 5.41) is 13.2. The molecule has 13 heavy (non-hydrogen) atoms. The number of thiophene rings is 1. The molecule has 0 unspecified atom stereocenters. The van der Waals surface area contributed by atoms with Crippen LogP contribution in [-0.2, 0) is 6.42 Å². The number of phenolic OH excluding ortho intramolecular Hbond substituents is 1. The van der Waals surface area contributed by atoms with Gasteiger partial charge in [-0.1, -0.05) is 18.5 Å². The Labute approximate surface area is 85.6 Å².